The van der Waals surface area contributed by atoms with Crippen LogP contribution in [0.3, 0.4) is 0 Å². The second kappa shape index (κ2) is 5.25. The van der Waals surface area contributed by atoms with Gasteiger partial charge in [0.05, 0.1) is 17.4 Å². The predicted octanol–water partition coefficient (Wildman–Crippen LogP) is 3.23. The monoisotopic (exact) mass is 267 g/mol. The van der Waals surface area contributed by atoms with E-state index in [2.05, 4.69) is 42.4 Å². The van der Waals surface area contributed by atoms with E-state index in [-0.39, 0.29) is 0 Å². The van der Waals surface area contributed by atoms with Crippen LogP contribution >= 0.6 is 9.24 Å². The second-order valence-corrected chi connectivity index (χ2v) is 4.85. The topological polar surface area (TPSA) is 44.5 Å². The number of imidazole rings is 1. The van der Waals surface area contributed by atoms with E-state index in [1.165, 1.54) is 10.9 Å². The van der Waals surface area contributed by atoms with E-state index in [9.17, 15) is 0 Å². The van der Waals surface area contributed by atoms with Gasteiger partial charge in [-0.1, -0.05) is 39.6 Å². The summed E-state index contributed by atoms with van der Waals surface area (Å²) in [4.78, 5) is 10.3. The lowest BCUT2D eigenvalue weighted by Crippen LogP contribution is -1.84. The number of nitrogens with one attached hydrogen (secondary N) is 2. The van der Waals surface area contributed by atoms with Gasteiger partial charge in [0.25, 0.3) is 0 Å². The van der Waals surface area contributed by atoms with Gasteiger partial charge >= 0.3 is 0 Å². The zero-order valence-corrected chi connectivity index (χ0v) is 11.5. The maximum atomic E-state index is 4.06. The van der Waals surface area contributed by atoms with Crippen molar-refractivity contribution in [1.82, 2.24) is 15.0 Å². The fourth-order valence-electron chi connectivity index (χ4n) is 1.98. The number of rotatable bonds is 0. The zero-order chi connectivity index (χ0) is 13.1. The molecule has 0 saturated heterocycles. The van der Waals surface area contributed by atoms with Gasteiger partial charge in [0.2, 0.25) is 0 Å². The van der Waals surface area contributed by atoms with Gasteiger partial charge < -0.3 is 9.97 Å². The average Bonchev–Trinajstić information content (AvgIpc) is 3.03. The lowest BCUT2D eigenvalue weighted by Gasteiger charge is -1.83. The molecule has 0 aliphatic carbocycles. The minimum atomic E-state index is 1.03. The molecule has 2 N–H and O–H groups in total. The first-order valence-electron chi connectivity index (χ1n) is 6.04. The molecule has 2 aromatic heterocycles. The number of H-pyrrole nitrogens is 2. The summed E-state index contributed by atoms with van der Waals surface area (Å²) in [7, 11) is 2.65. The summed E-state index contributed by atoms with van der Waals surface area (Å²) in [6.07, 6.45) is 1.70. The van der Waals surface area contributed by atoms with Gasteiger partial charge in [0.1, 0.15) is 0 Å². The number of aromatic nitrogens is 3. The molecule has 0 aliphatic heterocycles. The van der Waals surface area contributed by atoms with Crippen molar-refractivity contribution in [3.63, 3.8) is 0 Å². The van der Waals surface area contributed by atoms with Crippen LogP contribution < -0.4 is 5.44 Å². The number of fused-ring (bicyclic) bond motifs is 2. The van der Waals surface area contributed by atoms with Crippen molar-refractivity contribution in [2.24, 2.45) is 0 Å². The Hall–Kier alpha value is -2.12. The smallest absolute Gasteiger partial charge is 0.0931 e. The number of hydrogen-bond acceptors (Lipinski definition) is 1. The normalized spacial score (nSPS) is 10.4. The molecule has 0 aliphatic rings. The third-order valence-corrected chi connectivity index (χ3v) is 3.19. The van der Waals surface area contributed by atoms with Crippen molar-refractivity contribution < 1.29 is 0 Å². The molecule has 4 aromatic rings. The fourth-order valence-corrected chi connectivity index (χ4v) is 2.31. The van der Waals surface area contributed by atoms with Crippen LogP contribution in [0.2, 0.25) is 0 Å². The number of para-hydroxylation sites is 3. The average molecular weight is 267 g/mol. The Morgan fingerprint density at radius 3 is 2.42 bits per heavy atom. The van der Waals surface area contributed by atoms with Gasteiger partial charge in [-0.05, 0) is 29.7 Å². The number of benzene rings is 2. The first-order valence-corrected chi connectivity index (χ1v) is 6.62. The molecule has 4 rings (SSSR count). The van der Waals surface area contributed by atoms with E-state index in [0.717, 1.165) is 16.5 Å². The first-order chi connectivity index (χ1) is 9.33. The largest absolute Gasteiger partial charge is 0.355 e. The highest BCUT2D eigenvalue weighted by Gasteiger charge is 1.92. The molecule has 0 amide bonds. The fraction of sp³-hybridized carbons (Fsp3) is 0. The molecular weight excluding hydrogens is 253 g/mol. The minimum Gasteiger partial charge on any atom is -0.355 e. The minimum absolute atomic E-state index is 1.03. The Labute approximate surface area is 113 Å². The summed E-state index contributed by atoms with van der Waals surface area (Å²) in [6.45, 7) is 0. The highest BCUT2D eigenvalue weighted by atomic mass is 31.0. The molecular formula is C15H14N3P. The van der Waals surface area contributed by atoms with Gasteiger partial charge in [-0.2, -0.15) is 0 Å². The summed E-state index contributed by atoms with van der Waals surface area (Å²) in [5, 5.41) is 1.27. The Balaban J connectivity index is 0.000000117. The standard InChI is InChI=1S/C8H8NP.C7H6N2/c10-8-5-6-3-1-2-4-7(6)9-8;1-2-4-7-6(3-1)8-5-9-7/h1-5,9H,10H2;1-5H,(H,8,9). The zero-order valence-electron chi connectivity index (χ0n) is 10.3. The molecule has 1 unspecified atom stereocenters. The highest BCUT2D eigenvalue weighted by Crippen LogP contribution is 2.09. The lowest BCUT2D eigenvalue weighted by atomic mass is 10.3. The van der Waals surface area contributed by atoms with Crippen molar-refractivity contribution in [3.8, 4) is 0 Å². The van der Waals surface area contributed by atoms with Crippen LogP contribution in [0.25, 0.3) is 21.9 Å². The molecule has 1 atom stereocenters. The lowest BCUT2D eigenvalue weighted by molar-refractivity contribution is 1.34. The Morgan fingerprint density at radius 2 is 1.63 bits per heavy atom. The molecule has 3 nitrogen and oxygen atoms in total. The molecule has 0 spiro atoms. The summed E-state index contributed by atoms with van der Waals surface area (Å²) in [5.74, 6) is 0. The maximum Gasteiger partial charge on any atom is 0.0931 e. The van der Waals surface area contributed by atoms with Gasteiger partial charge in [-0.15, -0.1) is 0 Å². The van der Waals surface area contributed by atoms with Crippen LogP contribution in [0, 0.1) is 0 Å². The molecule has 2 heterocycles. The summed E-state index contributed by atoms with van der Waals surface area (Å²) < 4.78 is 0. The SMILES string of the molecule is Pc1cc2ccccc2[nH]1.c1ccc2[nH]cnc2c1. The Bertz CT molecular complexity index is 738. The molecule has 0 saturated carbocycles. The van der Waals surface area contributed by atoms with Crippen LogP contribution in [0.15, 0.2) is 60.9 Å². The predicted molar refractivity (Wildman–Crippen MR) is 83.7 cm³/mol. The molecule has 19 heavy (non-hydrogen) atoms. The van der Waals surface area contributed by atoms with Crippen LogP contribution in [0.5, 0.6) is 0 Å². The Kier molecular flexibility index (Phi) is 3.30. The molecule has 94 valence electrons. The number of hydrogen-bond donors (Lipinski definition) is 2. The van der Waals surface area contributed by atoms with Gasteiger partial charge in [0.15, 0.2) is 0 Å². The molecule has 2 aromatic carbocycles. The van der Waals surface area contributed by atoms with Gasteiger partial charge in [-0.25, -0.2) is 4.98 Å². The van der Waals surface area contributed by atoms with E-state index < -0.39 is 0 Å². The van der Waals surface area contributed by atoms with Crippen molar-refractivity contribution in [2.75, 3.05) is 0 Å². The van der Waals surface area contributed by atoms with Crippen molar-refractivity contribution in [2.45, 2.75) is 0 Å². The molecule has 0 radical (unpaired) electrons. The van der Waals surface area contributed by atoms with E-state index in [4.69, 9.17) is 0 Å². The summed E-state index contributed by atoms with van der Waals surface area (Å²) >= 11 is 0. The van der Waals surface area contributed by atoms with Crippen LogP contribution in [0.1, 0.15) is 0 Å². The van der Waals surface area contributed by atoms with Gasteiger partial charge in [-0.3, -0.25) is 0 Å². The third-order valence-electron chi connectivity index (χ3n) is 2.88. The van der Waals surface area contributed by atoms with E-state index >= 15 is 0 Å². The van der Waals surface area contributed by atoms with Gasteiger partial charge in [0, 0.05) is 11.0 Å². The van der Waals surface area contributed by atoms with E-state index in [0.29, 0.717) is 0 Å². The quantitative estimate of drug-likeness (QED) is 0.472. The number of nitrogens with zero attached hydrogens (tertiary/aromatic N) is 1. The second-order valence-electron chi connectivity index (χ2n) is 4.23. The van der Waals surface area contributed by atoms with Crippen molar-refractivity contribution in [1.29, 1.82) is 0 Å². The van der Waals surface area contributed by atoms with Crippen LogP contribution in [-0.2, 0) is 0 Å². The maximum absolute atomic E-state index is 4.06. The molecule has 0 fully saturated rings. The summed E-state index contributed by atoms with van der Waals surface area (Å²) in [5.41, 5.74) is 4.46. The van der Waals surface area contributed by atoms with Crippen molar-refractivity contribution >= 4 is 36.6 Å². The van der Waals surface area contributed by atoms with E-state index in [1.807, 2.05) is 36.4 Å². The Morgan fingerprint density at radius 1 is 0.895 bits per heavy atom. The molecule has 0 bridgehead atoms. The highest BCUT2D eigenvalue weighted by molar-refractivity contribution is 7.27. The van der Waals surface area contributed by atoms with Crippen molar-refractivity contribution in [3.05, 3.63) is 60.9 Å². The van der Waals surface area contributed by atoms with Crippen LogP contribution in [0.4, 0.5) is 0 Å². The molecule has 4 heteroatoms. The van der Waals surface area contributed by atoms with E-state index in [1.54, 1.807) is 6.33 Å². The first kappa shape index (κ1) is 11.9. The number of aromatic amines is 2. The third kappa shape index (κ3) is 2.67. The van der Waals surface area contributed by atoms with Crippen LogP contribution in [-0.4, -0.2) is 15.0 Å². The summed E-state index contributed by atoms with van der Waals surface area (Å²) in [6, 6.07) is 18.3.